The van der Waals surface area contributed by atoms with E-state index in [4.69, 9.17) is 0 Å². The molecule has 0 aliphatic carbocycles. The normalized spacial score (nSPS) is 24.4. The fraction of sp³-hybridized carbons (Fsp3) is 0.500. The zero-order valence-electron chi connectivity index (χ0n) is 9.71. The first-order valence-electron chi connectivity index (χ1n) is 5.55. The number of amides is 1. The van der Waals surface area contributed by atoms with Crippen molar-refractivity contribution >= 4 is 11.6 Å². The van der Waals surface area contributed by atoms with E-state index in [0.29, 0.717) is 0 Å². The number of carbonyl (C=O) groups is 1. The van der Waals surface area contributed by atoms with Gasteiger partial charge in [0.05, 0.1) is 17.3 Å². The Balaban J connectivity index is 2.04. The molecule has 1 aromatic heterocycles. The molecule has 0 radical (unpaired) electrons. The molecule has 1 aliphatic rings. The molecule has 0 aromatic carbocycles. The molecule has 1 amide bonds. The van der Waals surface area contributed by atoms with E-state index in [1.54, 1.807) is 6.20 Å². The van der Waals surface area contributed by atoms with E-state index < -0.39 is 0 Å². The lowest BCUT2D eigenvalue weighted by Crippen LogP contribution is -2.35. The molecule has 4 nitrogen and oxygen atoms in total. The minimum atomic E-state index is -0.287. The van der Waals surface area contributed by atoms with Crippen molar-refractivity contribution in [2.24, 2.45) is 5.41 Å². The SMILES string of the molecule is Cc1ccc(NC(=O)C2(C)CCNC2)cn1. The number of pyridine rings is 1. The maximum Gasteiger partial charge on any atom is 0.231 e. The third-order valence-corrected chi connectivity index (χ3v) is 3.09. The standard InChI is InChI=1S/C12H17N3O/c1-9-3-4-10(7-14-9)15-11(16)12(2)5-6-13-8-12/h3-4,7,13H,5-6,8H2,1-2H3,(H,15,16). The third kappa shape index (κ3) is 2.22. The predicted octanol–water partition coefficient (Wildman–Crippen LogP) is 1.33. The number of hydrogen-bond acceptors (Lipinski definition) is 3. The highest BCUT2D eigenvalue weighted by molar-refractivity contribution is 5.95. The second-order valence-corrected chi connectivity index (χ2v) is 4.63. The predicted molar refractivity (Wildman–Crippen MR) is 63.2 cm³/mol. The topological polar surface area (TPSA) is 54.0 Å². The van der Waals surface area contributed by atoms with E-state index in [9.17, 15) is 4.79 Å². The van der Waals surface area contributed by atoms with Crippen molar-refractivity contribution in [3.05, 3.63) is 24.0 Å². The van der Waals surface area contributed by atoms with E-state index >= 15 is 0 Å². The smallest absolute Gasteiger partial charge is 0.231 e. The summed E-state index contributed by atoms with van der Waals surface area (Å²) < 4.78 is 0. The largest absolute Gasteiger partial charge is 0.324 e. The van der Waals surface area contributed by atoms with Crippen LogP contribution in [-0.2, 0) is 4.79 Å². The van der Waals surface area contributed by atoms with Crippen molar-refractivity contribution in [1.82, 2.24) is 10.3 Å². The second-order valence-electron chi connectivity index (χ2n) is 4.63. The summed E-state index contributed by atoms with van der Waals surface area (Å²) in [4.78, 5) is 16.2. The van der Waals surface area contributed by atoms with Gasteiger partial charge in [-0.25, -0.2) is 0 Å². The van der Waals surface area contributed by atoms with Gasteiger partial charge >= 0.3 is 0 Å². The van der Waals surface area contributed by atoms with Gasteiger partial charge in [0, 0.05) is 12.2 Å². The molecule has 2 rings (SSSR count). The molecular formula is C12H17N3O. The molecule has 2 N–H and O–H groups in total. The fourth-order valence-corrected chi connectivity index (χ4v) is 1.83. The highest BCUT2D eigenvalue weighted by atomic mass is 16.2. The Morgan fingerprint density at radius 3 is 2.94 bits per heavy atom. The summed E-state index contributed by atoms with van der Waals surface area (Å²) in [5, 5.41) is 6.12. The van der Waals surface area contributed by atoms with Crippen LogP contribution in [0.2, 0.25) is 0 Å². The zero-order valence-corrected chi connectivity index (χ0v) is 9.71. The van der Waals surface area contributed by atoms with Crippen molar-refractivity contribution in [3.8, 4) is 0 Å². The third-order valence-electron chi connectivity index (χ3n) is 3.09. The average Bonchev–Trinajstić information content (AvgIpc) is 2.70. The first-order chi connectivity index (χ1) is 7.60. The van der Waals surface area contributed by atoms with Crippen LogP contribution in [0.5, 0.6) is 0 Å². The lowest BCUT2D eigenvalue weighted by molar-refractivity contribution is -0.123. The molecule has 1 fully saturated rings. The van der Waals surface area contributed by atoms with E-state index in [-0.39, 0.29) is 11.3 Å². The first-order valence-corrected chi connectivity index (χ1v) is 5.55. The first kappa shape index (κ1) is 11.1. The number of anilines is 1. The van der Waals surface area contributed by atoms with Crippen LogP contribution in [0.3, 0.4) is 0 Å². The highest BCUT2D eigenvalue weighted by Crippen LogP contribution is 2.26. The minimum absolute atomic E-state index is 0.0724. The van der Waals surface area contributed by atoms with Gasteiger partial charge in [-0.1, -0.05) is 0 Å². The molecule has 1 atom stereocenters. The van der Waals surface area contributed by atoms with Crippen LogP contribution in [-0.4, -0.2) is 24.0 Å². The van der Waals surface area contributed by atoms with Gasteiger partial charge < -0.3 is 10.6 Å². The monoisotopic (exact) mass is 219 g/mol. The average molecular weight is 219 g/mol. The van der Waals surface area contributed by atoms with Gasteiger partial charge in [-0.15, -0.1) is 0 Å². The number of carbonyl (C=O) groups excluding carboxylic acids is 1. The summed E-state index contributed by atoms with van der Waals surface area (Å²) >= 11 is 0. The molecule has 1 unspecified atom stereocenters. The number of rotatable bonds is 2. The van der Waals surface area contributed by atoms with E-state index in [0.717, 1.165) is 30.9 Å². The van der Waals surface area contributed by atoms with Crippen LogP contribution in [0.1, 0.15) is 19.0 Å². The molecular weight excluding hydrogens is 202 g/mol. The number of aromatic nitrogens is 1. The Morgan fingerprint density at radius 2 is 2.38 bits per heavy atom. The molecule has 4 heteroatoms. The molecule has 86 valence electrons. The fourth-order valence-electron chi connectivity index (χ4n) is 1.83. The summed E-state index contributed by atoms with van der Waals surface area (Å²) in [5.41, 5.74) is 1.43. The van der Waals surface area contributed by atoms with Gasteiger partial charge in [0.2, 0.25) is 5.91 Å². The molecule has 0 spiro atoms. The lowest BCUT2D eigenvalue weighted by atomic mass is 9.89. The minimum Gasteiger partial charge on any atom is -0.324 e. The molecule has 1 aliphatic heterocycles. The van der Waals surface area contributed by atoms with Gasteiger partial charge in [-0.2, -0.15) is 0 Å². The number of nitrogens with zero attached hydrogens (tertiary/aromatic N) is 1. The molecule has 0 saturated carbocycles. The van der Waals surface area contributed by atoms with Gasteiger partial charge in [0.1, 0.15) is 0 Å². The van der Waals surface area contributed by atoms with Gasteiger partial charge in [-0.05, 0) is 38.9 Å². The molecule has 2 heterocycles. The molecule has 0 bridgehead atoms. The highest BCUT2D eigenvalue weighted by Gasteiger charge is 2.36. The number of aryl methyl sites for hydroxylation is 1. The summed E-state index contributed by atoms with van der Waals surface area (Å²) in [7, 11) is 0. The van der Waals surface area contributed by atoms with Crippen LogP contribution >= 0.6 is 0 Å². The summed E-state index contributed by atoms with van der Waals surface area (Å²) in [6.07, 6.45) is 2.58. The summed E-state index contributed by atoms with van der Waals surface area (Å²) in [5.74, 6) is 0.0724. The molecule has 1 aromatic rings. The Hall–Kier alpha value is -1.42. The van der Waals surface area contributed by atoms with Gasteiger partial charge in [0.15, 0.2) is 0 Å². The van der Waals surface area contributed by atoms with Crippen LogP contribution < -0.4 is 10.6 Å². The van der Waals surface area contributed by atoms with E-state index in [2.05, 4.69) is 15.6 Å². The van der Waals surface area contributed by atoms with E-state index in [1.165, 1.54) is 0 Å². The van der Waals surface area contributed by atoms with Crippen molar-refractivity contribution < 1.29 is 4.79 Å². The van der Waals surface area contributed by atoms with Crippen LogP contribution in [0.4, 0.5) is 5.69 Å². The van der Waals surface area contributed by atoms with Crippen LogP contribution in [0.25, 0.3) is 0 Å². The Morgan fingerprint density at radius 1 is 1.56 bits per heavy atom. The maximum atomic E-state index is 12.0. The Bertz CT molecular complexity index is 380. The van der Waals surface area contributed by atoms with Crippen molar-refractivity contribution in [2.45, 2.75) is 20.3 Å². The lowest BCUT2D eigenvalue weighted by Gasteiger charge is -2.21. The van der Waals surface area contributed by atoms with Gasteiger partial charge in [0.25, 0.3) is 0 Å². The molecule has 1 saturated heterocycles. The van der Waals surface area contributed by atoms with Crippen molar-refractivity contribution in [1.29, 1.82) is 0 Å². The Labute approximate surface area is 95.5 Å². The quantitative estimate of drug-likeness (QED) is 0.789. The number of nitrogens with one attached hydrogen (secondary N) is 2. The van der Waals surface area contributed by atoms with Crippen LogP contribution in [0.15, 0.2) is 18.3 Å². The molecule has 16 heavy (non-hydrogen) atoms. The van der Waals surface area contributed by atoms with Crippen molar-refractivity contribution in [2.75, 3.05) is 18.4 Å². The Kier molecular flexibility index (Phi) is 2.92. The summed E-state index contributed by atoms with van der Waals surface area (Å²) in [6, 6.07) is 3.77. The number of hydrogen-bond donors (Lipinski definition) is 2. The van der Waals surface area contributed by atoms with Crippen molar-refractivity contribution in [3.63, 3.8) is 0 Å². The van der Waals surface area contributed by atoms with Crippen LogP contribution in [0, 0.1) is 12.3 Å². The van der Waals surface area contributed by atoms with Gasteiger partial charge in [-0.3, -0.25) is 9.78 Å². The maximum absolute atomic E-state index is 12.0. The summed E-state index contributed by atoms with van der Waals surface area (Å²) in [6.45, 7) is 5.58. The van der Waals surface area contributed by atoms with E-state index in [1.807, 2.05) is 26.0 Å². The zero-order chi connectivity index (χ0) is 11.6. The second kappa shape index (κ2) is 4.22.